The van der Waals surface area contributed by atoms with Crippen LogP contribution in [0, 0.1) is 0 Å². The first-order valence-corrected chi connectivity index (χ1v) is 10.7. The fourth-order valence-corrected chi connectivity index (χ4v) is 3.84. The third kappa shape index (κ3) is 4.96. The van der Waals surface area contributed by atoms with Gasteiger partial charge in [-0.1, -0.05) is 84.6 Å². The van der Waals surface area contributed by atoms with Crippen molar-refractivity contribution in [2.45, 2.75) is 11.6 Å². The van der Waals surface area contributed by atoms with Gasteiger partial charge in [-0.3, -0.25) is 4.79 Å². The maximum absolute atomic E-state index is 12.4. The van der Waals surface area contributed by atoms with Crippen molar-refractivity contribution in [1.82, 2.24) is 14.8 Å². The van der Waals surface area contributed by atoms with Crippen LogP contribution in [0.1, 0.15) is 11.4 Å². The van der Waals surface area contributed by atoms with Crippen LogP contribution in [-0.4, -0.2) is 26.4 Å². The van der Waals surface area contributed by atoms with Crippen molar-refractivity contribution in [1.29, 1.82) is 0 Å². The molecule has 0 atom stereocenters. The second-order valence-electron chi connectivity index (χ2n) is 6.90. The molecular formula is C24H22N4OS. The van der Waals surface area contributed by atoms with Crippen LogP contribution in [0.25, 0.3) is 11.1 Å². The average Bonchev–Trinajstić information content (AvgIpc) is 3.13. The fraction of sp³-hybridized carbons (Fsp3) is 0.125. The van der Waals surface area contributed by atoms with Crippen molar-refractivity contribution < 1.29 is 4.79 Å². The van der Waals surface area contributed by atoms with Crippen LogP contribution in [0.2, 0.25) is 0 Å². The zero-order chi connectivity index (χ0) is 20.8. The van der Waals surface area contributed by atoms with Gasteiger partial charge in [0.15, 0.2) is 5.16 Å². The first kappa shape index (κ1) is 19.9. The lowest BCUT2D eigenvalue weighted by Gasteiger charge is -2.07. The van der Waals surface area contributed by atoms with E-state index in [2.05, 4.69) is 39.8 Å². The summed E-state index contributed by atoms with van der Waals surface area (Å²) in [5, 5.41) is 12.2. The van der Waals surface area contributed by atoms with Gasteiger partial charge in [-0.2, -0.15) is 0 Å². The van der Waals surface area contributed by atoms with Gasteiger partial charge in [-0.15, -0.1) is 10.2 Å². The Morgan fingerprint density at radius 2 is 1.50 bits per heavy atom. The highest BCUT2D eigenvalue weighted by Gasteiger charge is 2.12. The zero-order valence-corrected chi connectivity index (χ0v) is 17.5. The molecule has 1 amide bonds. The third-order valence-corrected chi connectivity index (χ3v) is 5.76. The van der Waals surface area contributed by atoms with E-state index in [0.29, 0.717) is 6.42 Å². The van der Waals surface area contributed by atoms with E-state index in [0.717, 1.165) is 27.8 Å². The molecule has 150 valence electrons. The molecule has 4 aromatic rings. The number of carbonyl (C=O) groups excluding carboxylic acids is 1. The largest absolute Gasteiger partial charge is 0.325 e. The maximum atomic E-state index is 12.4. The van der Waals surface area contributed by atoms with Gasteiger partial charge in [-0.25, -0.2) is 0 Å². The molecule has 5 nitrogen and oxygen atoms in total. The predicted octanol–water partition coefficient (Wildman–Crippen LogP) is 4.80. The molecule has 3 aromatic carbocycles. The molecule has 0 saturated heterocycles. The molecule has 0 unspecified atom stereocenters. The van der Waals surface area contributed by atoms with Gasteiger partial charge in [0.25, 0.3) is 0 Å². The monoisotopic (exact) mass is 414 g/mol. The van der Waals surface area contributed by atoms with Gasteiger partial charge in [-0.05, 0) is 28.8 Å². The topological polar surface area (TPSA) is 59.8 Å². The summed E-state index contributed by atoms with van der Waals surface area (Å²) in [7, 11) is 1.93. The molecule has 4 rings (SSSR count). The number of hydrogen-bond acceptors (Lipinski definition) is 4. The van der Waals surface area contributed by atoms with E-state index in [1.54, 1.807) is 0 Å². The molecule has 1 N–H and O–H groups in total. The predicted molar refractivity (Wildman–Crippen MR) is 121 cm³/mol. The van der Waals surface area contributed by atoms with E-state index in [9.17, 15) is 4.79 Å². The fourth-order valence-electron chi connectivity index (χ4n) is 3.11. The van der Waals surface area contributed by atoms with E-state index in [1.807, 2.05) is 72.3 Å². The van der Waals surface area contributed by atoms with Crippen LogP contribution in [0.4, 0.5) is 5.69 Å². The molecule has 0 aliphatic rings. The highest BCUT2D eigenvalue weighted by Crippen LogP contribution is 2.22. The number of hydrogen-bond donors (Lipinski definition) is 1. The second-order valence-corrected chi connectivity index (χ2v) is 7.84. The highest BCUT2D eigenvalue weighted by atomic mass is 32.2. The van der Waals surface area contributed by atoms with Crippen LogP contribution in [0.5, 0.6) is 0 Å². The quantitative estimate of drug-likeness (QED) is 0.441. The summed E-state index contributed by atoms with van der Waals surface area (Å²) in [4.78, 5) is 12.4. The number of anilines is 1. The van der Waals surface area contributed by atoms with E-state index in [4.69, 9.17) is 0 Å². The molecule has 0 aliphatic heterocycles. The highest BCUT2D eigenvalue weighted by molar-refractivity contribution is 7.99. The van der Waals surface area contributed by atoms with Crippen LogP contribution in [-0.2, 0) is 18.3 Å². The number of thioether (sulfide) groups is 1. The van der Waals surface area contributed by atoms with E-state index in [1.165, 1.54) is 17.3 Å². The lowest BCUT2D eigenvalue weighted by atomic mass is 10.1. The molecule has 6 heteroatoms. The Bertz CT molecular complexity index is 1110. The van der Waals surface area contributed by atoms with Crippen molar-refractivity contribution >= 4 is 23.4 Å². The van der Waals surface area contributed by atoms with E-state index >= 15 is 0 Å². The molecule has 0 saturated carbocycles. The van der Waals surface area contributed by atoms with E-state index < -0.39 is 0 Å². The van der Waals surface area contributed by atoms with Crippen molar-refractivity contribution in [3.05, 3.63) is 96.3 Å². The number of aromatic nitrogens is 3. The van der Waals surface area contributed by atoms with Gasteiger partial charge < -0.3 is 9.88 Å². The Kier molecular flexibility index (Phi) is 6.25. The van der Waals surface area contributed by atoms with Crippen LogP contribution in [0.3, 0.4) is 0 Å². The SMILES string of the molecule is Cn1c(Cc2ccccc2)nnc1SCC(=O)Nc1ccc(-c2ccccc2)cc1. The number of rotatable bonds is 7. The average molecular weight is 415 g/mol. The molecule has 0 aliphatic carbocycles. The maximum Gasteiger partial charge on any atom is 0.234 e. The number of carbonyl (C=O) groups is 1. The summed E-state index contributed by atoms with van der Waals surface area (Å²) in [5.41, 5.74) is 4.23. The normalized spacial score (nSPS) is 10.7. The van der Waals surface area contributed by atoms with Crippen LogP contribution in [0.15, 0.2) is 90.1 Å². The molecule has 1 aromatic heterocycles. The third-order valence-electron chi connectivity index (χ3n) is 4.74. The Balaban J connectivity index is 1.32. The minimum atomic E-state index is -0.0694. The molecule has 0 radical (unpaired) electrons. The first-order chi connectivity index (χ1) is 14.7. The van der Waals surface area contributed by atoms with Crippen molar-refractivity contribution in [2.24, 2.45) is 7.05 Å². The van der Waals surface area contributed by atoms with Crippen molar-refractivity contribution in [2.75, 3.05) is 11.1 Å². The second kappa shape index (κ2) is 9.41. The minimum Gasteiger partial charge on any atom is -0.325 e. The number of amides is 1. The number of benzene rings is 3. The summed E-state index contributed by atoms with van der Waals surface area (Å²) < 4.78 is 1.94. The Morgan fingerprint density at radius 1 is 0.867 bits per heavy atom. The zero-order valence-electron chi connectivity index (χ0n) is 16.7. The van der Waals surface area contributed by atoms with Crippen LogP contribution < -0.4 is 5.32 Å². The number of nitrogens with zero attached hydrogens (tertiary/aromatic N) is 3. The summed E-state index contributed by atoms with van der Waals surface area (Å²) in [5.74, 6) is 1.08. The summed E-state index contributed by atoms with van der Waals surface area (Å²) >= 11 is 1.38. The summed E-state index contributed by atoms with van der Waals surface area (Å²) in [6.45, 7) is 0. The molecular weight excluding hydrogens is 392 g/mol. The molecule has 0 fully saturated rings. The summed E-state index contributed by atoms with van der Waals surface area (Å²) in [6, 6.07) is 28.2. The van der Waals surface area contributed by atoms with Gasteiger partial charge in [0.2, 0.25) is 5.91 Å². The molecule has 0 bridgehead atoms. The molecule has 30 heavy (non-hydrogen) atoms. The van der Waals surface area contributed by atoms with Gasteiger partial charge in [0.05, 0.1) is 5.75 Å². The Morgan fingerprint density at radius 3 is 2.20 bits per heavy atom. The van der Waals surface area contributed by atoms with Crippen molar-refractivity contribution in [3.63, 3.8) is 0 Å². The van der Waals surface area contributed by atoms with Gasteiger partial charge in [0.1, 0.15) is 5.82 Å². The lowest BCUT2D eigenvalue weighted by molar-refractivity contribution is -0.113. The van der Waals surface area contributed by atoms with Gasteiger partial charge in [0, 0.05) is 19.2 Å². The smallest absolute Gasteiger partial charge is 0.234 e. The first-order valence-electron chi connectivity index (χ1n) is 9.69. The molecule has 1 heterocycles. The van der Waals surface area contributed by atoms with Crippen LogP contribution >= 0.6 is 11.8 Å². The Labute approximate surface area is 180 Å². The number of nitrogens with one attached hydrogen (secondary N) is 1. The standard InChI is InChI=1S/C24H22N4OS/c1-28-22(16-18-8-4-2-5-9-18)26-27-24(28)30-17-23(29)25-21-14-12-20(13-15-21)19-10-6-3-7-11-19/h2-15H,16-17H2,1H3,(H,25,29). The molecule has 0 spiro atoms. The lowest BCUT2D eigenvalue weighted by Crippen LogP contribution is -2.14. The van der Waals surface area contributed by atoms with E-state index in [-0.39, 0.29) is 11.7 Å². The Hall–Kier alpha value is -3.38. The van der Waals surface area contributed by atoms with Gasteiger partial charge >= 0.3 is 0 Å². The summed E-state index contributed by atoms with van der Waals surface area (Å²) in [6.07, 6.45) is 0.713. The minimum absolute atomic E-state index is 0.0694. The van der Waals surface area contributed by atoms with Crippen molar-refractivity contribution in [3.8, 4) is 11.1 Å².